The summed E-state index contributed by atoms with van der Waals surface area (Å²) >= 11 is 0. The molecule has 0 atom stereocenters. The number of hydrogen-bond acceptors (Lipinski definition) is 0. The average molecular weight is 435 g/mol. The van der Waals surface area contributed by atoms with E-state index in [1.165, 1.54) is 69.8 Å². The van der Waals surface area contributed by atoms with E-state index in [4.69, 9.17) is 0 Å². The highest BCUT2D eigenvalue weighted by molar-refractivity contribution is 5.84. The number of unbranched alkanes of at least 4 members (excludes halogenated alkanes) is 1. The van der Waals surface area contributed by atoms with Gasteiger partial charge in [0, 0.05) is 5.39 Å². The number of rotatable bonds is 8. The SMILES string of the molecule is CCC/C=C/C1CCC(CCC2CCC(c3ccc4cc(CC)ccc4c3F)CC2)CC1. The van der Waals surface area contributed by atoms with Crippen molar-refractivity contribution in [2.75, 3.05) is 0 Å². The zero-order chi connectivity index (χ0) is 22.3. The second-order valence-electron chi connectivity index (χ2n) is 10.7. The van der Waals surface area contributed by atoms with Gasteiger partial charge in [-0.05, 0) is 104 Å². The van der Waals surface area contributed by atoms with Crippen LogP contribution in [0.25, 0.3) is 10.8 Å². The van der Waals surface area contributed by atoms with E-state index in [0.29, 0.717) is 5.92 Å². The van der Waals surface area contributed by atoms with Gasteiger partial charge >= 0.3 is 0 Å². The molecule has 0 saturated heterocycles. The molecule has 0 amide bonds. The van der Waals surface area contributed by atoms with Crippen LogP contribution in [0.4, 0.5) is 4.39 Å². The largest absolute Gasteiger partial charge is 0.206 e. The summed E-state index contributed by atoms with van der Waals surface area (Å²) in [4.78, 5) is 0. The Kier molecular flexibility index (Phi) is 8.44. The van der Waals surface area contributed by atoms with Crippen molar-refractivity contribution in [1.82, 2.24) is 0 Å². The molecule has 4 rings (SSSR count). The maximum Gasteiger partial charge on any atom is 0.134 e. The van der Waals surface area contributed by atoms with E-state index in [1.54, 1.807) is 0 Å². The molecule has 2 aliphatic rings. The van der Waals surface area contributed by atoms with Crippen LogP contribution in [0.1, 0.15) is 108 Å². The van der Waals surface area contributed by atoms with E-state index in [9.17, 15) is 0 Å². The molecule has 32 heavy (non-hydrogen) atoms. The first-order valence-corrected chi connectivity index (χ1v) is 13.6. The minimum absolute atomic E-state index is 0.0401. The summed E-state index contributed by atoms with van der Waals surface area (Å²) in [5.41, 5.74) is 2.25. The molecule has 0 aliphatic heterocycles. The lowest BCUT2D eigenvalue weighted by molar-refractivity contribution is 0.245. The van der Waals surface area contributed by atoms with Crippen LogP contribution in [0.3, 0.4) is 0 Å². The Bertz CT molecular complexity index is 879. The fourth-order valence-corrected chi connectivity index (χ4v) is 6.25. The second kappa shape index (κ2) is 11.5. The quantitative estimate of drug-likeness (QED) is 0.363. The van der Waals surface area contributed by atoms with Gasteiger partial charge in [0.15, 0.2) is 0 Å². The van der Waals surface area contributed by atoms with Crippen LogP contribution >= 0.6 is 0 Å². The summed E-state index contributed by atoms with van der Waals surface area (Å²) in [6.07, 6.45) is 21.8. The first-order chi connectivity index (χ1) is 15.7. The van der Waals surface area contributed by atoms with Crippen molar-refractivity contribution < 1.29 is 4.39 Å². The Hall–Kier alpha value is -1.63. The van der Waals surface area contributed by atoms with Crippen LogP contribution in [0.5, 0.6) is 0 Å². The molecule has 0 nitrogen and oxygen atoms in total. The number of aryl methyl sites for hydroxylation is 1. The fraction of sp³-hybridized carbons (Fsp3) is 0.613. The average Bonchev–Trinajstić information content (AvgIpc) is 2.84. The molecular weight excluding hydrogens is 391 g/mol. The smallest absolute Gasteiger partial charge is 0.134 e. The number of allylic oxidation sites excluding steroid dienone is 2. The normalized spacial score (nSPS) is 26.7. The van der Waals surface area contributed by atoms with Gasteiger partial charge in [-0.2, -0.15) is 0 Å². The third-order valence-electron chi connectivity index (χ3n) is 8.48. The summed E-state index contributed by atoms with van der Waals surface area (Å²) in [6.45, 7) is 4.41. The van der Waals surface area contributed by atoms with Gasteiger partial charge in [-0.3, -0.25) is 0 Å². The van der Waals surface area contributed by atoms with E-state index in [0.717, 1.165) is 53.4 Å². The summed E-state index contributed by atoms with van der Waals surface area (Å²) in [6, 6.07) is 10.4. The Labute approximate surface area is 195 Å². The number of fused-ring (bicyclic) bond motifs is 1. The number of hydrogen-bond donors (Lipinski definition) is 0. The molecule has 0 unspecified atom stereocenters. The van der Waals surface area contributed by atoms with E-state index in [-0.39, 0.29) is 5.82 Å². The van der Waals surface area contributed by atoms with Gasteiger partial charge in [0.2, 0.25) is 0 Å². The summed E-state index contributed by atoms with van der Waals surface area (Å²) in [5, 5.41) is 1.86. The highest BCUT2D eigenvalue weighted by Crippen LogP contribution is 2.41. The van der Waals surface area contributed by atoms with Gasteiger partial charge in [0.1, 0.15) is 5.82 Å². The van der Waals surface area contributed by atoms with Crippen molar-refractivity contribution in [2.45, 2.75) is 103 Å². The highest BCUT2D eigenvalue weighted by atomic mass is 19.1. The lowest BCUT2D eigenvalue weighted by Gasteiger charge is -2.32. The lowest BCUT2D eigenvalue weighted by Crippen LogP contribution is -2.17. The maximum atomic E-state index is 15.3. The Balaban J connectivity index is 1.24. The van der Waals surface area contributed by atoms with Gasteiger partial charge in [-0.1, -0.05) is 75.6 Å². The molecule has 2 fully saturated rings. The molecule has 2 aromatic carbocycles. The third kappa shape index (κ3) is 5.83. The molecular formula is C31H43F. The van der Waals surface area contributed by atoms with Gasteiger partial charge in [0.25, 0.3) is 0 Å². The fourth-order valence-electron chi connectivity index (χ4n) is 6.25. The highest BCUT2D eigenvalue weighted by Gasteiger charge is 2.26. The third-order valence-corrected chi connectivity index (χ3v) is 8.48. The monoisotopic (exact) mass is 434 g/mol. The summed E-state index contributed by atoms with van der Waals surface area (Å²) < 4.78 is 15.3. The molecule has 0 N–H and O–H groups in total. The Morgan fingerprint density at radius 2 is 1.53 bits per heavy atom. The van der Waals surface area contributed by atoms with Crippen LogP contribution in [-0.2, 0) is 6.42 Å². The first-order valence-electron chi connectivity index (χ1n) is 13.6. The van der Waals surface area contributed by atoms with E-state index in [1.807, 2.05) is 6.07 Å². The molecule has 0 heterocycles. The van der Waals surface area contributed by atoms with Crippen molar-refractivity contribution in [3.63, 3.8) is 0 Å². The molecule has 2 aliphatic carbocycles. The van der Waals surface area contributed by atoms with Crippen molar-refractivity contribution in [1.29, 1.82) is 0 Å². The minimum atomic E-state index is 0.0401. The molecule has 0 radical (unpaired) electrons. The van der Waals surface area contributed by atoms with Crippen molar-refractivity contribution in [2.24, 2.45) is 17.8 Å². The topological polar surface area (TPSA) is 0 Å². The summed E-state index contributed by atoms with van der Waals surface area (Å²) in [5.74, 6) is 3.11. The Morgan fingerprint density at radius 1 is 0.844 bits per heavy atom. The predicted molar refractivity (Wildman–Crippen MR) is 137 cm³/mol. The van der Waals surface area contributed by atoms with Crippen LogP contribution in [0.15, 0.2) is 42.5 Å². The summed E-state index contributed by atoms with van der Waals surface area (Å²) in [7, 11) is 0. The number of benzene rings is 2. The lowest BCUT2D eigenvalue weighted by atomic mass is 9.74. The number of halogens is 1. The Morgan fingerprint density at radius 3 is 2.19 bits per heavy atom. The molecule has 0 spiro atoms. The van der Waals surface area contributed by atoms with Crippen molar-refractivity contribution in [3.05, 3.63) is 59.4 Å². The maximum absolute atomic E-state index is 15.3. The van der Waals surface area contributed by atoms with E-state index >= 15 is 4.39 Å². The first kappa shape index (κ1) is 23.5. The van der Waals surface area contributed by atoms with E-state index < -0.39 is 0 Å². The van der Waals surface area contributed by atoms with Crippen LogP contribution in [0, 0.1) is 23.6 Å². The zero-order valence-electron chi connectivity index (χ0n) is 20.4. The molecule has 0 aromatic heterocycles. The molecule has 1 heteroatoms. The van der Waals surface area contributed by atoms with Gasteiger partial charge in [0.05, 0.1) is 0 Å². The molecule has 0 bridgehead atoms. The van der Waals surface area contributed by atoms with Crippen molar-refractivity contribution >= 4 is 10.8 Å². The standard InChI is InChI=1S/C31H43F/c1-3-5-6-7-24-8-10-25(11-9-24)12-13-26-14-17-27(18-15-26)29-21-19-28-22-23(4-2)16-20-30(28)31(29)32/h6-7,16,19-22,24-27H,3-5,8-15,17-18H2,1-2H3/b7-6+. The molecule has 174 valence electrons. The molecule has 2 aromatic rings. The minimum Gasteiger partial charge on any atom is -0.206 e. The van der Waals surface area contributed by atoms with Gasteiger partial charge < -0.3 is 0 Å². The van der Waals surface area contributed by atoms with Gasteiger partial charge in [-0.15, -0.1) is 0 Å². The van der Waals surface area contributed by atoms with Crippen LogP contribution < -0.4 is 0 Å². The molecule has 2 saturated carbocycles. The van der Waals surface area contributed by atoms with Crippen molar-refractivity contribution in [3.8, 4) is 0 Å². The van der Waals surface area contributed by atoms with Gasteiger partial charge in [-0.25, -0.2) is 4.39 Å². The zero-order valence-corrected chi connectivity index (χ0v) is 20.4. The van der Waals surface area contributed by atoms with E-state index in [2.05, 4.69) is 50.3 Å². The van der Waals surface area contributed by atoms with Crippen LogP contribution in [-0.4, -0.2) is 0 Å². The van der Waals surface area contributed by atoms with Crippen LogP contribution in [0.2, 0.25) is 0 Å². The second-order valence-corrected chi connectivity index (χ2v) is 10.7. The predicted octanol–water partition coefficient (Wildman–Crippen LogP) is 9.76.